The molecule has 1 aromatic heterocycles. The molecule has 0 atom stereocenters. The zero-order chi connectivity index (χ0) is 13.0. The average Bonchev–Trinajstić information content (AvgIpc) is 2.38. The molecule has 0 saturated heterocycles. The molecule has 2 heteroatoms. The van der Waals surface area contributed by atoms with Gasteiger partial charge in [-0.3, -0.25) is 9.88 Å². The number of hydrogen-bond acceptors (Lipinski definition) is 2. The first-order chi connectivity index (χ1) is 8.70. The monoisotopic (exact) mass is 240 g/mol. The Bertz CT molecular complexity index is 540. The van der Waals surface area contributed by atoms with E-state index < -0.39 is 0 Å². The molecule has 0 bridgehead atoms. The Morgan fingerprint density at radius 2 is 2.06 bits per heavy atom. The topological polar surface area (TPSA) is 16.1 Å². The Morgan fingerprint density at radius 3 is 2.78 bits per heavy atom. The van der Waals surface area contributed by atoms with E-state index in [1.54, 1.807) is 0 Å². The second-order valence-corrected chi connectivity index (χ2v) is 4.75. The Kier molecular flexibility index (Phi) is 4.11. The fourth-order valence-electron chi connectivity index (χ4n) is 2.20. The van der Waals surface area contributed by atoms with Gasteiger partial charge in [0.15, 0.2) is 0 Å². The number of likely N-dealkylation sites (N-methyl/N-ethyl adjacent to an activating group) is 1. The molecule has 0 amide bonds. The molecule has 0 aliphatic rings. The van der Waals surface area contributed by atoms with Crippen molar-refractivity contribution in [3.05, 3.63) is 54.2 Å². The molecule has 0 unspecified atom stereocenters. The molecule has 2 aromatic rings. The third-order valence-corrected chi connectivity index (χ3v) is 3.05. The van der Waals surface area contributed by atoms with Crippen LogP contribution in [0.5, 0.6) is 0 Å². The highest BCUT2D eigenvalue weighted by atomic mass is 15.1. The van der Waals surface area contributed by atoms with E-state index in [0.29, 0.717) is 0 Å². The summed E-state index contributed by atoms with van der Waals surface area (Å²) in [6.07, 6.45) is 1.86. The first kappa shape index (κ1) is 12.8. The maximum atomic E-state index is 4.50. The average molecular weight is 240 g/mol. The van der Waals surface area contributed by atoms with Crippen LogP contribution in [0.3, 0.4) is 0 Å². The highest BCUT2D eigenvalue weighted by Crippen LogP contribution is 2.17. The lowest BCUT2D eigenvalue weighted by Gasteiger charge is -2.21. The van der Waals surface area contributed by atoms with E-state index in [0.717, 1.165) is 25.2 Å². The molecular weight excluding hydrogens is 220 g/mol. The van der Waals surface area contributed by atoms with Crippen molar-refractivity contribution in [2.45, 2.75) is 20.4 Å². The standard InChI is InChI=1S/C16H20N2/c1-4-18(11-13(2)3)12-15-8-5-7-14-9-6-10-17-16(14)15/h5-10H,2,4,11-12H2,1,3H3. The predicted octanol–water partition coefficient (Wildman–Crippen LogP) is 3.63. The number of fused-ring (bicyclic) bond motifs is 1. The van der Waals surface area contributed by atoms with Crippen LogP contribution in [0, 0.1) is 0 Å². The smallest absolute Gasteiger partial charge is 0.0746 e. The second kappa shape index (κ2) is 5.78. The SMILES string of the molecule is C=C(C)CN(CC)Cc1cccc2cccnc12. The van der Waals surface area contributed by atoms with Crippen molar-refractivity contribution < 1.29 is 0 Å². The molecule has 1 heterocycles. The number of pyridine rings is 1. The van der Waals surface area contributed by atoms with Gasteiger partial charge in [0, 0.05) is 24.7 Å². The molecule has 94 valence electrons. The molecule has 0 aliphatic heterocycles. The molecule has 0 radical (unpaired) electrons. The van der Waals surface area contributed by atoms with Gasteiger partial charge < -0.3 is 0 Å². The Morgan fingerprint density at radius 1 is 1.28 bits per heavy atom. The summed E-state index contributed by atoms with van der Waals surface area (Å²) in [4.78, 5) is 6.88. The van der Waals surface area contributed by atoms with Crippen LogP contribution in [0.25, 0.3) is 10.9 Å². The minimum Gasteiger partial charge on any atom is -0.295 e. The van der Waals surface area contributed by atoms with Crippen molar-refractivity contribution in [2.24, 2.45) is 0 Å². The molecule has 1 aromatic carbocycles. The molecule has 2 rings (SSSR count). The maximum absolute atomic E-state index is 4.50. The summed E-state index contributed by atoms with van der Waals surface area (Å²) in [6, 6.07) is 10.5. The van der Waals surface area contributed by atoms with Crippen molar-refractivity contribution >= 4 is 10.9 Å². The summed E-state index contributed by atoms with van der Waals surface area (Å²) >= 11 is 0. The highest BCUT2D eigenvalue weighted by molar-refractivity contribution is 5.81. The maximum Gasteiger partial charge on any atom is 0.0746 e. The number of aromatic nitrogens is 1. The van der Waals surface area contributed by atoms with Gasteiger partial charge in [-0.1, -0.05) is 43.3 Å². The number of benzene rings is 1. The largest absolute Gasteiger partial charge is 0.295 e. The van der Waals surface area contributed by atoms with Crippen molar-refractivity contribution in [3.63, 3.8) is 0 Å². The van der Waals surface area contributed by atoms with Crippen LogP contribution < -0.4 is 0 Å². The van der Waals surface area contributed by atoms with E-state index in [4.69, 9.17) is 0 Å². The van der Waals surface area contributed by atoms with E-state index in [1.807, 2.05) is 12.3 Å². The number of rotatable bonds is 5. The highest BCUT2D eigenvalue weighted by Gasteiger charge is 2.07. The third-order valence-electron chi connectivity index (χ3n) is 3.05. The van der Waals surface area contributed by atoms with E-state index in [1.165, 1.54) is 16.5 Å². The lowest BCUT2D eigenvalue weighted by molar-refractivity contribution is 0.305. The molecule has 0 N–H and O–H groups in total. The van der Waals surface area contributed by atoms with E-state index in [-0.39, 0.29) is 0 Å². The number of hydrogen-bond donors (Lipinski definition) is 0. The van der Waals surface area contributed by atoms with E-state index >= 15 is 0 Å². The van der Waals surface area contributed by atoms with Crippen molar-refractivity contribution in [1.29, 1.82) is 0 Å². The van der Waals surface area contributed by atoms with Gasteiger partial charge in [-0.05, 0) is 25.1 Å². The van der Waals surface area contributed by atoms with E-state index in [2.05, 4.69) is 54.6 Å². The van der Waals surface area contributed by atoms with Crippen LogP contribution in [0.15, 0.2) is 48.7 Å². The summed E-state index contributed by atoms with van der Waals surface area (Å²) in [7, 11) is 0. The minimum atomic E-state index is 0.928. The van der Waals surface area contributed by atoms with Crippen molar-refractivity contribution in [2.75, 3.05) is 13.1 Å². The van der Waals surface area contributed by atoms with Gasteiger partial charge >= 0.3 is 0 Å². The summed E-state index contributed by atoms with van der Waals surface area (Å²) < 4.78 is 0. The molecule has 0 saturated carbocycles. The minimum absolute atomic E-state index is 0.928. The van der Waals surface area contributed by atoms with Gasteiger partial charge in [0.25, 0.3) is 0 Å². The van der Waals surface area contributed by atoms with Crippen LogP contribution in [0.2, 0.25) is 0 Å². The van der Waals surface area contributed by atoms with Crippen molar-refractivity contribution in [1.82, 2.24) is 9.88 Å². The molecular formula is C16H20N2. The fourth-order valence-corrected chi connectivity index (χ4v) is 2.20. The second-order valence-electron chi connectivity index (χ2n) is 4.75. The predicted molar refractivity (Wildman–Crippen MR) is 77.5 cm³/mol. The van der Waals surface area contributed by atoms with Crippen LogP contribution >= 0.6 is 0 Å². The molecule has 18 heavy (non-hydrogen) atoms. The number of para-hydroxylation sites is 1. The van der Waals surface area contributed by atoms with Crippen LogP contribution in [0.1, 0.15) is 19.4 Å². The quantitative estimate of drug-likeness (QED) is 0.742. The van der Waals surface area contributed by atoms with Crippen LogP contribution in [0.4, 0.5) is 0 Å². The molecule has 0 fully saturated rings. The van der Waals surface area contributed by atoms with Gasteiger partial charge in [0.2, 0.25) is 0 Å². The fraction of sp³-hybridized carbons (Fsp3) is 0.312. The van der Waals surface area contributed by atoms with Gasteiger partial charge in [0.05, 0.1) is 5.52 Å². The van der Waals surface area contributed by atoms with Gasteiger partial charge in [0.1, 0.15) is 0 Å². The summed E-state index contributed by atoms with van der Waals surface area (Å²) in [5.41, 5.74) is 3.60. The summed E-state index contributed by atoms with van der Waals surface area (Å²) in [5.74, 6) is 0. The molecule has 0 spiro atoms. The Balaban J connectivity index is 2.27. The van der Waals surface area contributed by atoms with E-state index in [9.17, 15) is 0 Å². The van der Waals surface area contributed by atoms with Crippen LogP contribution in [-0.4, -0.2) is 23.0 Å². The first-order valence-electron chi connectivity index (χ1n) is 6.40. The van der Waals surface area contributed by atoms with Crippen molar-refractivity contribution in [3.8, 4) is 0 Å². The Hall–Kier alpha value is -1.67. The Labute approximate surface area is 109 Å². The first-order valence-corrected chi connectivity index (χ1v) is 6.40. The normalized spacial score (nSPS) is 11.1. The summed E-state index contributed by atoms with van der Waals surface area (Å²) in [6.45, 7) is 11.1. The summed E-state index contributed by atoms with van der Waals surface area (Å²) in [5, 5.41) is 1.21. The van der Waals surface area contributed by atoms with Crippen LogP contribution in [-0.2, 0) is 6.54 Å². The zero-order valence-electron chi connectivity index (χ0n) is 11.2. The molecule has 0 aliphatic carbocycles. The third kappa shape index (κ3) is 2.96. The lowest BCUT2D eigenvalue weighted by Crippen LogP contribution is -2.24. The zero-order valence-corrected chi connectivity index (χ0v) is 11.2. The molecule has 2 nitrogen and oxygen atoms in total. The number of nitrogens with zero attached hydrogens (tertiary/aromatic N) is 2. The van der Waals surface area contributed by atoms with Gasteiger partial charge in [-0.2, -0.15) is 0 Å². The van der Waals surface area contributed by atoms with Gasteiger partial charge in [-0.25, -0.2) is 0 Å². The van der Waals surface area contributed by atoms with Gasteiger partial charge in [-0.15, -0.1) is 0 Å². The lowest BCUT2D eigenvalue weighted by atomic mass is 10.1.